The minimum absolute atomic E-state index is 0. The van der Waals surface area contributed by atoms with Crippen molar-refractivity contribution in [3.63, 3.8) is 0 Å². The summed E-state index contributed by atoms with van der Waals surface area (Å²) in [5, 5.41) is 2.18. The zero-order valence-corrected chi connectivity index (χ0v) is 11.3. The maximum Gasteiger partial charge on any atom is 0.109 e. The maximum atomic E-state index is 5.80. The molecule has 1 fully saturated rings. The van der Waals surface area contributed by atoms with Gasteiger partial charge in [0.25, 0.3) is 0 Å². The average molecular weight is 269 g/mol. The van der Waals surface area contributed by atoms with E-state index in [0.29, 0.717) is 5.92 Å². The molecule has 88 valence electrons. The van der Waals surface area contributed by atoms with Gasteiger partial charge in [0.15, 0.2) is 0 Å². The lowest BCUT2D eigenvalue weighted by molar-refractivity contribution is 0.442. The Balaban J connectivity index is 0.000000980. The number of aromatic nitrogens is 1. The molecule has 0 radical (unpaired) electrons. The van der Waals surface area contributed by atoms with E-state index in [1.54, 1.807) is 11.3 Å². The highest BCUT2D eigenvalue weighted by molar-refractivity contribution is 7.15. The van der Waals surface area contributed by atoms with Crippen LogP contribution >= 0.6 is 36.2 Å². The van der Waals surface area contributed by atoms with Crippen molar-refractivity contribution in [2.45, 2.75) is 44.9 Å². The number of rotatable bonds is 1. The Bertz CT molecular complexity index is 276. The van der Waals surface area contributed by atoms with Crippen LogP contribution in [0.3, 0.4) is 0 Å². The Morgan fingerprint density at radius 3 is 2.27 bits per heavy atom. The standard InChI is InChI=1S/C10H16N2S.2ClH/c1-7-9(11)13-10(12-7)8-5-3-2-4-6-8;;/h8H,2-6,11H2,1H3;2*1H. The molecule has 0 aliphatic heterocycles. The van der Waals surface area contributed by atoms with E-state index < -0.39 is 0 Å². The van der Waals surface area contributed by atoms with Crippen LogP contribution < -0.4 is 5.73 Å². The first-order valence-corrected chi connectivity index (χ1v) is 5.82. The fourth-order valence-electron chi connectivity index (χ4n) is 1.95. The molecule has 2 N–H and O–H groups in total. The van der Waals surface area contributed by atoms with Crippen LogP contribution in [0.4, 0.5) is 5.00 Å². The van der Waals surface area contributed by atoms with Crippen molar-refractivity contribution in [3.05, 3.63) is 10.7 Å². The molecular weight excluding hydrogens is 251 g/mol. The van der Waals surface area contributed by atoms with Crippen molar-refractivity contribution in [1.82, 2.24) is 4.98 Å². The summed E-state index contributed by atoms with van der Waals surface area (Å²) >= 11 is 1.69. The molecule has 0 aromatic carbocycles. The van der Waals surface area contributed by atoms with Crippen LogP contribution in [-0.2, 0) is 0 Å². The third-order valence-electron chi connectivity index (χ3n) is 2.80. The van der Waals surface area contributed by atoms with E-state index >= 15 is 0 Å². The van der Waals surface area contributed by atoms with Gasteiger partial charge in [-0.15, -0.1) is 36.2 Å². The number of nitrogen functional groups attached to an aromatic ring is 1. The zero-order chi connectivity index (χ0) is 9.26. The van der Waals surface area contributed by atoms with Crippen molar-refractivity contribution in [1.29, 1.82) is 0 Å². The molecule has 1 aliphatic carbocycles. The Labute approximate surface area is 107 Å². The van der Waals surface area contributed by atoms with E-state index in [4.69, 9.17) is 5.73 Å². The molecule has 15 heavy (non-hydrogen) atoms. The van der Waals surface area contributed by atoms with Gasteiger partial charge in [-0.3, -0.25) is 0 Å². The third-order valence-corrected chi connectivity index (χ3v) is 3.95. The summed E-state index contributed by atoms with van der Waals surface area (Å²) in [4.78, 5) is 4.53. The monoisotopic (exact) mass is 268 g/mol. The Morgan fingerprint density at radius 2 is 1.80 bits per heavy atom. The topological polar surface area (TPSA) is 38.9 Å². The van der Waals surface area contributed by atoms with Crippen LogP contribution in [0.15, 0.2) is 0 Å². The van der Waals surface area contributed by atoms with Crippen molar-refractivity contribution in [2.24, 2.45) is 0 Å². The molecule has 0 bridgehead atoms. The van der Waals surface area contributed by atoms with Crippen molar-refractivity contribution >= 4 is 41.2 Å². The second kappa shape index (κ2) is 6.56. The summed E-state index contributed by atoms with van der Waals surface area (Å²) in [7, 11) is 0. The SMILES string of the molecule is Cc1nc(C2CCCCC2)sc1N.Cl.Cl. The van der Waals surface area contributed by atoms with Gasteiger partial charge < -0.3 is 5.73 Å². The van der Waals surface area contributed by atoms with Gasteiger partial charge in [-0.2, -0.15) is 0 Å². The smallest absolute Gasteiger partial charge is 0.109 e. The second-order valence-electron chi connectivity index (χ2n) is 3.84. The van der Waals surface area contributed by atoms with Gasteiger partial charge >= 0.3 is 0 Å². The molecule has 0 saturated heterocycles. The molecule has 0 amide bonds. The molecule has 1 aliphatic rings. The first kappa shape index (κ1) is 15.0. The molecule has 0 unspecified atom stereocenters. The van der Waals surface area contributed by atoms with E-state index in [2.05, 4.69) is 4.98 Å². The quantitative estimate of drug-likeness (QED) is 0.839. The number of halogens is 2. The molecule has 1 aromatic rings. The summed E-state index contributed by atoms with van der Waals surface area (Å²) in [6.07, 6.45) is 6.75. The molecule has 1 heterocycles. The van der Waals surface area contributed by atoms with Crippen LogP contribution in [0.2, 0.25) is 0 Å². The number of nitrogens with two attached hydrogens (primary N) is 1. The lowest BCUT2D eigenvalue weighted by Crippen LogP contribution is -2.03. The van der Waals surface area contributed by atoms with E-state index in [0.717, 1.165) is 10.7 Å². The number of nitrogens with zero attached hydrogens (tertiary/aromatic N) is 1. The van der Waals surface area contributed by atoms with Crippen LogP contribution in [0, 0.1) is 6.92 Å². The molecule has 2 nitrogen and oxygen atoms in total. The summed E-state index contributed by atoms with van der Waals surface area (Å²) < 4.78 is 0. The summed E-state index contributed by atoms with van der Waals surface area (Å²) in [5.74, 6) is 0.703. The largest absolute Gasteiger partial charge is 0.389 e. The Kier molecular flexibility index (Phi) is 6.57. The minimum Gasteiger partial charge on any atom is -0.389 e. The van der Waals surface area contributed by atoms with Gasteiger partial charge in [0.05, 0.1) is 10.7 Å². The van der Waals surface area contributed by atoms with Crippen LogP contribution in [-0.4, -0.2) is 4.98 Å². The first-order valence-electron chi connectivity index (χ1n) is 5.00. The van der Waals surface area contributed by atoms with Crippen molar-refractivity contribution in [3.8, 4) is 0 Å². The highest BCUT2D eigenvalue weighted by Crippen LogP contribution is 2.36. The fraction of sp³-hybridized carbons (Fsp3) is 0.700. The van der Waals surface area contributed by atoms with E-state index in [9.17, 15) is 0 Å². The number of hydrogen-bond acceptors (Lipinski definition) is 3. The highest BCUT2D eigenvalue weighted by atomic mass is 35.5. The van der Waals surface area contributed by atoms with E-state index in [-0.39, 0.29) is 24.8 Å². The lowest BCUT2D eigenvalue weighted by atomic mass is 9.90. The van der Waals surface area contributed by atoms with Gasteiger partial charge in [-0.1, -0.05) is 19.3 Å². The van der Waals surface area contributed by atoms with E-state index in [1.165, 1.54) is 37.1 Å². The van der Waals surface area contributed by atoms with E-state index in [1.807, 2.05) is 6.92 Å². The molecule has 0 atom stereocenters. The molecule has 2 rings (SSSR count). The summed E-state index contributed by atoms with van der Waals surface area (Å²) in [5.41, 5.74) is 6.82. The number of thiazole rings is 1. The number of anilines is 1. The number of hydrogen-bond donors (Lipinski definition) is 1. The predicted molar refractivity (Wildman–Crippen MR) is 71.6 cm³/mol. The lowest BCUT2D eigenvalue weighted by Gasteiger charge is -2.18. The Hall–Kier alpha value is 0.01000. The summed E-state index contributed by atoms with van der Waals surface area (Å²) in [6, 6.07) is 0. The number of aryl methyl sites for hydroxylation is 1. The van der Waals surface area contributed by atoms with Gasteiger partial charge in [-0.25, -0.2) is 4.98 Å². The van der Waals surface area contributed by atoms with Crippen molar-refractivity contribution in [2.75, 3.05) is 5.73 Å². The predicted octanol–water partition coefficient (Wildman–Crippen LogP) is 3.93. The van der Waals surface area contributed by atoms with Gasteiger partial charge in [-0.05, 0) is 19.8 Å². The first-order chi connectivity index (χ1) is 6.27. The van der Waals surface area contributed by atoms with Crippen LogP contribution in [0.5, 0.6) is 0 Å². The molecule has 0 spiro atoms. The normalized spacial score (nSPS) is 16.6. The fourth-order valence-corrected chi connectivity index (χ4v) is 2.96. The van der Waals surface area contributed by atoms with Crippen LogP contribution in [0.1, 0.15) is 48.7 Å². The van der Waals surface area contributed by atoms with Crippen molar-refractivity contribution < 1.29 is 0 Å². The maximum absolute atomic E-state index is 5.80. The van der Waals surface area contributed by atoms with Gasteiger partial charge in [0, 0.05) is 5.92 Å². The minimum atomic E-state index is 0. The van der Waals surface area contributed by atoms with Gasteiger partial charge in [0.1, 0.15) is 5.00 Å². The molecule has 1 saturated carbocycles. The molecular formula is C10H18Cl2N2S. The molecule has 5 heteroatoms. The second-order valence-corrected chi connectivity index (χ2v) is 4.90. The highest BCUT2D eigenvalue weighted by Gasteiger charge is 2.19. The summed E-state index contributed by atoms with van der Waals surface area (Å²) in [6.45, 7) is 2.00. The Morgan fingerprint density at radius 1 is 1.20 bits per heavy atom. The average Bonchev–Trinajstić information content (AvgIpc) is 2.49. The van der Waals surface area contributed by atoms with Gasteiger partial charge in [0.2, 0.25) is 0 Å². The van der Waals surface area contributed by atoms with Crippen LogP contribution in [0.25, 0.3) is 0 Å². The third kappa shape index (κ3) is 3.51. The molecule has 1 aromatic heterocycles. The zero-order valence-electron chi connectivity index (χ0n) is 8.86.